The zero-order valence-corrected chi connectivity index (χ0v) is 11.2. The topological polar surface area (TPSA) is 68.0 Å². The number of anilines is 1. The van der Waals surface area contributed by atoms with Gasteiger partial charge >= 0.3 is 0 Å². The number of rotatable bonds is 3. The highest BCUT2D eigenvalue weighted by Gasteiger charge is 2.13. The normalized spacial score (nSPS) is 10.3. The second-order valence-electron chi connectivity index (χ2n) is 4.14. The third kappa shape index (κ3) is 2.87. The van der Waals surface area contributed by atoms with E-state index in [9.17, 15) is 4.79 Å². The molecule has 0 saturated carbocycles. The van der Waals surface area contributed by atoms with Gasteiger partial charge in [-0.25, -0.2) is 4.98 Å². The average Bonchev–Trinajstić information content (AvgIpc) is 2.66. The number of nitrogens with zero attached hydrogens (tertiary/aromatic N) is 1. The molecule has 1 aromatic heterocycles. The van der Waals surface area contributed by atoms with Crippen molar-refractivity contribution in [2.24, 2.45) is 0 Å². The van der Waals surface area contributed by atoms with Crippen molar-refractivity contribution in [2.45, 2.75) is 20.4 Å². The summed E-state index contributed by atoms with van der Waals surface area (Å²) in [7, 11) is 0. The molecular formula is C13H15N3OS. The van der Waals surface area contributed by atoms with Crippen LogP contribution in [0.15, 0.2) is 24.3 Å². The Morgan fingerprint density at radius 3 is 2.83 bits per heavy atom. The summed E-state index contributed by atoms with van der Waals surface area (Å²) in [6.07, 6.45) is 0. The Hall–Kier alpha value is -1.88. The monoisotopic (exact) mass is 261 g/mol. The van der Waals surface area contributed by atoms with Gasteiger partial charge < -0.3 is 11.1 Å². The standard InChI is InChI=1S/C13H15N3OS/c1-8-4-3-5-10(6-8)7-15-12(17)11-9(2)16-13(14)18-11/h3-6H,7H2,1-2H3,(H2,14,16)(H,15,17). The number of amides is 1. The summed E-state index contributed by atoms with van der Waals surface area (Å²) in [5.41, 5.74) is 8.51. The highest BCUT2D eigenvalue weighted by molar-refractivity contribution is 7.17. The summed E-state index contributed by atoms with van der Waals surface area (Å²) in [5, 5.41) is 3.30. The van der Waals surface area contributed by atoms with E-state index >= 15 is 0 Å². The first-order valence-electron chi connectivity index (χ1n) is 5.63. The fourth-order valence-electron chi connectivity index (χ4n) is 1.71. The maximum atomic E-state index is 11.9. The Morgan fingerprint density at radius 1 is 1.44 bits per heavy atom. The van der Waals surface area contributed by atoms with Crippen LogP contribution in [0.25, 0.3) is 0 Å². The smallest absolute Gasteiger partial charge is 0.263 e. The van der Waals surface area contributed by atoms with Crippen molar-refractivity contribution in [3.05, 3.63) is 46.0 Å². The minimum absolute atomic E-state index is 0.122. The summed E-state index contributed by atoms with van der Waals surface area (Å²) in [5.74, 6) is -0.122. The Kier molecular flexibility index (Phi) is 3.62. The van der Waals surface area contributed by atoms with Crippen LogP contribution in [-0.4, -0.2) is 10.9 Å². The molecule has 3 N–H and O–H groups in total. The van der Waals surface area contributed by atoms with Crippen molar-refractivity contribution in [1.29, 1.82) is 0 Å². The van der Waals surface area contributed by atoms with Crippen molar-refractivity contribution < 1.29 is 4.79 Å². The van der Waals surface area contributed by atoms with E-state index in [-0.39, 0.29) is 5.91 Å². The van der Waals surface area contributed by atoms with Gasteiger partial charge in [0.25, 0.3) is 5.91 Å². The summed E-state index contributed by atoms with van der Waals surface area (Å²) in [4.78, 5) is 16.6. The number of nitrogen functional groups attached to an aromatic ring is 1. The Morgan fingerprint density at radius 2 is 2.22 bits per heavy atom. The SMILES string of the molecule is Cc1cccc(CNC(=O)c2sc(N)nc2C)c1. The van der Waals surface area contributed by atoms with Gasteiger partial charge in [0.05, 0.1) is 5.69 Å². The number of thiazole rings is 1. The van der Waals surface area contributed by atoms with E-state index < -0.39 is 0 Å². The molecule has 0 aliphatic rings. The number of nitrogens with two attached hydrogens (primary N) is 1. The van der Waals surface area contributed by atoms with E-state index in [0.29, 0.717) is 22.2 Å². The Balaban J connectivity index is 2.03. The molecule has 0 unspecified atom stereocenters. The lowest BCUT2D eigenvalue weighted by atomic mass is 10.1. The summed E-state index contributed by atoms with van der Waals surface area (Å²) in [6.45, 7) is 4.32. The molecule has 0 bridgehead atoms. The predicted octanol–water partition coefficient (Wildman–Crippen LogP) is 2.27. The lowest BCUT2D eigenvalue weighted by Gasteiger charge is -2.05. The van der Waals surface area contributed by atoms with Gasteiger partial charge in [-0.3, -0.25) is 4.79 Å². The number of nitrogens with one attached hydrogen (secondary N) is 1. The number of hydrogen-bond acceptors (Lipinski definition) is 4. The first-order valence-corrected chi connectivity index (χ1v) is 6.44. The number of carbonyl (C=O) groups is 1. The molecule has 0 spiro atoms. The molecule has 0 radical (unpaired) electrons. The molecular weight excluding hydrogens is 246 g/mol. The van der Waals surface area contributed by atoms with E-state index in [1.165, 1.54) is 16.9 Å². The quantitative estimate of drug-likeness (QED) is 0.890. The van der Waals surface area contributed by atoms with Crippen LogP contribution in [-0.2, 0) is 6.54 Å². The Bertz CT molecular complexity index is 577. The van der Waals surface area contributed by atoms with Gasteiger partial charge in [-0.1, -0.05) is 41.2 Å². The molecule has 0 atom stereocenters. The highest BCUT2D eigenvalue weighted by Crippen LogP contribution is 2.19. The second-order valence-corrected chi connectivity index (χ2v) is 5.17. The van der Waals surface area contributed by atoms with Crippen molar-refractivity contribution in [3.63, 3.8) is 0 Å². The molecule has 0 fully saturated rings. The first-order chi connectivity index (χ1) is 8.56. The zero-order chi connectivity index (χ0) is 13.1. The van der Waals surface area contributed by atoms with Crippen LogP contribution in [0.3, 0.4) is 0 Å². The minimum Gasteiger partial charge on any atom is -0.375 e. The number of benzene rings is 1. The molecule has 0 aliphatic carbocycles. The minimum atomic E-state index is -0.122. The summed E-state index contributed by atoms with van der Waals surface area (Å²) in [6, 6.07) is 8.04. The van der Waals surface area contributed by atoms with Gasteiger partial charge in [-0.15, -0.1) is 0 Å². The van der Waals surface area contributed by atoms with E-state index in [1.807, 2.05) is 31.2 Å². The van der Waals surface area contributed by atoms with Crippen molar-refractivity contribution >= 4 is 22.4 Å². The molecule has 94 valence electrons. The zero-order valence-electron chi connectivity index (χ0n) is 10.4. The molecule has 1 amide bonds. The van der Waals surface area contributed by atoms with Crippen LogP contribution in [0.1, 0.15) is 26.5 Å². The number of aromatic nitrogens is 1. The lowest BCUT2D eigenvalue weighted by Crippen LogP contribution is -2.22. The fourth-order valence-corrected chi connectivity index (χ4v) is 2.46. The first kappa shape index (κ1) is 12.6. The molecule has 2 aromatic rings. The fraction of sp³-hybridized carbons (Fsp3) is 0.231. The predicted molar refractivity (Wildman–Crippen MR) is 73.6 cm³/mol. The van der Waals surface area contributed by atoms with E-state index in [1.54, 1.807) is 6.92 Å². The maximum Gasteiger partial charge on any atom is 0.263 e. The van der Waals surface area contributed by atoms with Crippen molar-refractivity contribution in [1.82, 2.24) is 10.3 Å². The summed E-state index contributed by atoms with van der Waals surface area (Å²) >= 11 is 1.22. The average molecular weight is 261 g/mol. The third-order valence-electron chi connectivity index (χ3n) is 2.55. The Labute approximate surface area is 110 Å². The van der Waals surface area contributed by atoms with Gasteiger partial charge in [0.15, 0.2) is 5.13 Å². The van der Waals surface area contributed by atoms with Crippen LogP contribution in [0.5, 0.6) is 0 Å². The molecule has 5 heteroatoms. The van der Waals surface area contributed by atoms with Crippen LogP contribution in [0, 0.1) is 13.8 Å². The molecule has 0 aliphatic heterocycles. The molecule has 2 rings (SSSR count). The summed E-state index contributed by atoms with van der Waals surface area (Å²) < 4.78 is 0. The van der Waals surface area contributed by atoms with E-state index in [4.69, 9.17) is 5.73 Å². The van der Waals surface area contributed by atoms with Crippen LogP contribution >= 0.6 is 11.3 Å². The van der Waals surface area contributed by atoms with Gasteiger partial charge in [-0.05, 0) is 19.4 Å². The van der Waals surface area contributed by atoms with Crippen LogP contribution in [0.2, 0.25) is 0 Å². The van der Waals surface area contributed by atoms with Gasteiger partial charge in [0.2, 0.25) is 0 Å². The second kappa shape index (κ2) is 5.18. The molecule has 1 heterocycles. The van der Waals surface area contributed by atoms with Crippen LogP contribution < -0.4 is 11.1 Å². The van der Waals surface area contributed by atoms with E-state index in [0.717, 1.165) is 5.56 Å². The highest BCUT2D eigenvalue weighted by atomic mass is 32.1. The van der Waals surface area contributed by atoms with Crippen LogP contribution in [0.4, 0.5) is 5.13 Å². The molecule has 18 heavy (non-hydrogen) atoms. The lowest BCUT2D eigenvalue weighted by molar-refractivity contribution is 0.0954. The van der Waals surface area contributed by atoms with Crippen molar-refractivity contribution in [3.8, 4) is 0 Å². The van der Waals surface area contributed by atoms with Crippen molar-refractivity contribution in [2.75, 3.05) is 5.73 Å². The number of carbonyl (C=O) groups excluding carboxylic acids is 1. The van der Waals surface area contributed by atoms with E-state index in [2.05, 4.69) is 10.3 Å². The van der Waals surface area contributed by atoms with Gasteiger partial charge in [-0.2, -0.15) is 0 Å². The molecule has 0 saturated heterocycles. The molecule has 4 nitrogen and oxygen atoms in total. The third-order valence-corrected chi connectivity index (χ3v) is 3.54. The van der Waals surface area contributed by atoms with Gasteiger partial charge in [0.1, 0.15) is 4.88 Å². The molecule has 1 aromatic carbocycles. The number of hydrogen-bond donors (Lipinski definition) is 2. The largest absolute Gasteiger partial charge is 0.375 e. The van der Waals surface area contributed by atoms with Gasteiger partial charge in [0, 0.05) is 6.54 Å². The maximum absolute atomic E-state index is 11.9. The number of aryl methyl sites for hydroxylation is 2.